The van der Waals surface area contributed by atoms with E-state index in [1.807, 2.05) is 30.3 Å². The molecule has 1 aromatic heterocycles. The Bertz CT molecular complexity index is 1910. The van der Waals surface area contributed by atoms with Gasteiger partial charge in [0.15, 0.2) is 5.69 Å². The van der Waals surface area contributed by atoms with Crippen molar-refractivity contribution >= 4 is 60.4 Å². The number of nitrogens with one attached hydrogen (secondary N) is 1. The SMILES string of the molecule is NS(=O)(=O)c1ccccc1NC(=S)N=Nc1c(O)n(Cc2cccc3ccccc23)c2c(C(F)(F)F)cccc12. The molecule has 40 heavy (non-hydrogen) atoms. The number of rotatable bonds is 5. The predicted molar refractivity (Wildman–Crippen MR) is 150 cm³/mol. The summed E-state index contributed by atoms with van der Waals surface area (Å²) in [4.78, 5) is -0.239. The van der Waals surface area contributed by atoms with Gasteiger partial charge in [-0.05, 0) is 46.8 Å². The summed E-state index contributed by atoms with van der Waals surface area (Å²) in [6.45, 7) is -0.0866. The zero-order valence-corrected chi connectivity index (χ0v) is 22.1. The molecular formula is C27H20F3N5O3S2. The van der Waals surface area contributed by atoms with Crippen molar-refractivity contribution in [2.24, 2.45) is 15.4 Å². The number of nitrogens with two attached hydrogens (primary N) is 1. The molecule has 5 aromatic rings. The van der Waals surface area contributed by atoms with E-state index >= 15 is 0 Å². The molecule has 0 radical (unpaired) electrons. The van der Waals surface area contributed by atoms with Crippen LogP contribution >= 0.6 is 12.2 Å². The van der Waals surface area contributed by atoms with Crippen LogP contribution in [0.2, 0.25) is 0 Å². The van der Waals surface area contributed by atoms with Gasteiger partial charge in [0, 0.05) is 5.39 Å². The largest absolute Gasteiger partial charge is 0.493 e. The van der Waals surface area contributed by atoms with Gasteiger partial charge in [0.25, 0.3) is 0 Å². The van der Waals surface area contributed by atoms with Gasteiger partial charge in [-0.25, -0.2) is 13.6 Å². The molecule has 0 spiro atoms. The minimum Gasteiger partial charge on any atom is -0.493 e. The number of halogens is 3. The summed E-state index contributed by atoms with van der Waals surface area (Å²) in [6.07, 6.45) is -4.72. The summed E-state index contributed by atoms with van der Waals surface area (Å²) in [5, 5.41) is 28.2. The van der Waals surface area contributed by atoms with Gasteiger partial charge in [0.2, 0.25) is 21.0 Å². The second-order valence-electron chi connectivity index (χ2n) is 8.77. The number of aromatic nitrogens is 1. The van der Waals surface area contributed by atoms with Gasteiger partial charge in [0.1, 0.15) is 4.90 Å². The van der Waals surface area contributed by atoms with E-state index in [0.717, 1.165) is 21.4 Å². The van der Waals surface area contributed by atoms with Crippen LogP contribution in [0.4, 0.5) is 24.5 Å². The first kappa shape index (κ1) is 27.2. The van der Waals surface area contributed by atoms with E-state index in [1.165, 1.54) is 30.3 Å². The van der Waals surface area contributed by atoms with Crippen LogP contribution in [0.1, 0.15) is 11.1 Å². The topological polar surface area (TPSA) is 122 Å². The molecular weight excluding hydrogens is 563 g/mol. The summed E-state index contributed by atoms with van der Waals surface area (Å²) >= 11 is 5.16. The van der Waals surface area contributed by atoms with Crippen molar-refractivity contribution in [2.45, 2.75) is 17.6 Å². The smallest absolute Gasteiger partial charge is 0.418 e. The number of sulfonamides is 1. The van der Waals surface area contributed by atoms with Crippen LogP contribution < -0.4 is 10.5 Å². The van der Waals surface area contributed by atoms with Crippen molar-refractivity contribution in [3.8, 4) is 5.88 Å². The van der Waals surface area contributed by atoms with Crippen molar-refractivity contribution in [1.82, 2.24) is 4.57 Å². The molecule has 0 unspecified atom stereocenters. The summed E-state index contributed by atoms with van der Waals surface area (Å²) < 4.78 is 67.1. The number of azo groups is 1. The summed E-state index contributed by atoms with van der Waals surface area (Å²) in [6, 6.07) is 22.1. The van der Waals surface area contributed by atoms with Gasteiger partial charge in [0.05, 0.1) is 23.3 Å². The second kappa shape index (κ2) is 10.3. The Balaban J connectivity index is 1.60. The third-order valence-electron chi connectivity index (χ3n) is 6.22. The van der Waals surface area contributed by atoms with E-state index in [1.54, 1.807) is 18.2 Å². The lowest BCUT2D eigenvalue weighted by Gasteiger charge is -2.14. The number of hydrogen-bond acceptors (Lipinski definition) is 5. The fourth-order valence-corrected chi connectivity index (χ4v) is 5.36. The highest BCUT2D eigenvalue weighted by Crippen LogP contribution is 2.45. The molecule has 1 heterocycles. The number of anilines is 1. The highest BCUT2D eigenvalue weighted by molar-refractivity contribution is 7.89. The third-order valence-corrected chi connectivity index (χ3v) is 7.37. The molecule has 0 atom stereocenters. The number of primary sulfonamides is 1. The Morgan fingerprint density at radius 3 is 2.35 bits per heavy atom. The molecule has 0 amide bonds. The van der Waals surface area contributed by atoms with Crippen molar-refractivity contribution in [1.29, 1.82) is 0 Å². The number of aromatic hydroxyl groups is 1. The van der Waals surface area contributed by atoms with Crippen LogP contribution in [0.3, 0.4) is 0 Å². The summed E-state index contributed by atoms with van der Waals surface area (Å²) in [5.41, 5.74) is -0.735. The number of thiocarbonyl (C=S) groups is 1. The lowest BCUT2D eigenvalue weighted by Crippen LogP contribution is -2.16. The van der Waals surface area contributed by atoms with Crippen LogP contribution in [0.15, 0.2) is 100 Å². The maximum atomic E-state index is 14.1. The molecule has 0 fully saturated rings. The highest BCUT2D eigenvalue weighted by Gasteiger charge is 2.35. The molecule has 0 saturated carbocycles. The van der Waals surface area contributed by atoms with Crippen LogP contribution in [0.5, 0.6) is 5.88 Å². The van der Waals surface area contributed by atoms with E-state index in [4.69, 9.17) is 17.4 Å². The van der Waals surface area contributed by atoms with E-state index < -0.39 is 27.6 Å². The van der Waals surface area contributed by atoms with E-state index in [9.17, 15) is 26.7 Å². The molecule has 0 saturated heterocycles. The Morgan fingerprint density at radius 2 is 1.60 bits per heavy atom. The predicted octanol–water partition coefficient (Wildman–Crippen LogP) is 6.70. The second-order valence-corrected chi connectivity index (χ2v) is 10.7. The fourth-order valence-electron chi connectivity index (χ4n) is 4.52. The van der Waals surface area contributed by atoms with Gasteiger partial charge in [-0.2, -0.15) is 13.2 Å². The Hall–Kier alpha value is -4.33. The van der Waals surface area contributed by atoms with Crippen LogP contribution in [0.25, 0.3) is 21.7 Å². The molecule has 0 aliphatic heterocycles. The van der Waals surface area contributed by atoms with Crippen LogP contribution in [0, 0.1) is 0 Å². The lowest BCUT2D eigenvalue weighted by atomic mass is 10.0. The van der Waals surface area contributed by atoms with Crippen LogP contribution in [-0.2, 0) is 22.7 Å². The van der Waals surface area contributed by atoms with Gasteiger partial charge in [-0.15, -0.1) is 10.2 Å². The first-order chi connectivity index (χ1) is 18.9. The minimum atomic E-state index is -4.72. The third kappa shape index (κ3) is 5.26. The van der Waals surface area contributed by atoms with Gasteiger partial charge in [-0.1, -0.05) is 66.7 Å². The van der Waals surface area contributed by atoms with E-state index in [-0.39, 0.29) is 38.8 Å². The molecule has 13 heteroatoms. The molecule has 4 aromatic carbocycles. The van der Waals surface area contributed by atoms with Crippen LogP contribution in [-0.4, -0.2) is 23.2 Å². The number of benzene rings is 4. The summed E-state index contributed by atoms with van der Waals surface area (Å²) in [7, 11) is -4.09. The number of fused-ring (bicyclic) bond motifs is 2. The van der Waals surface area contributed by atoms with Gasteiger partial charge in [-0.3, -0.25) is 0 Å². The van der Waals surface area contributed by atoms with Crippen molar-refractivity contribution in [2.75, 3.05) is 5.32 Å². The zero-order chi connectivity index (χ0) is 28.7. The number of hydrogen-bond donors (Lipinski definition) is 3. The molecule has 8 nitrogen and oxygen atoms in total. The van der Waals surface area contributed by atoms with Crippen molar-refractivity contribution in [3.63, 3.8) is 0 Å². The number of alkyl halides is 3. The normalized spacial score (nSPS) is 12.4. The zero-order valence-electron chi connectivity index (χ0n) is 20.4. The average Bonchev–Trinajstić information content (AvgIpc) is 3.17. The standard InChI is InChI=1S/C27H20F3N5O3S2/c28-27(29,30)20-12-6-11-19-23(33-34-26(39)32-21-13-3-4-14-22(21)40(31,37)38)25(36)35(24(19)20)15-17-9-5-8-16-7-1-2-10-18(16)17/h1-14,36H,15H2,(H,32,39)(H2,31,37,38). The fraction of sp³-hybridized carbons (Fsp3) is 0.0741. The molecule has 0 aliphatic rings. The van der Waals surface area contributed by atoms with E-state index in [2.05, 4.69) is 15.5 Å². The van der Waals surface area contributed by atoms with Gasteiger partial charge < -0.3 is 15.0 Å². The summed E-state index contributed by atoms with van der Waals surface area (Å²) in [5.74, 6) is -0.545. The first-order valence-electron chi connectivity index (χ1n) is 11.7. The highest BCUT2D eigenvalue weighted by atomic mass is 32.2. The Kier molecular flexibility index (Phi) is 7.04. The van der Waals surface area contributed by atoms with Gasteiger partial charge >= 0.3 is 6.18 Å². The van der Waals surface area contributed by atoms with E-state index in [0.29, 0.717) is 5.56 Å². The van der Waals surface area contributed by atoms with Crippen molar-refractivity contribution in [3.05, 3.63) is 96.1 Å². The quantitative estimate of drug-likeness (QED) is 0.157. The Labute approximate surface area is 231 Å². The molecule has 204 valence electrons. The number of nitrogens with zero attached hydrogens (tertiary/aromatic N) is 3. The molecule has 4 N–H and O–H groups in total. The maximum Gasteiger partial charge on any atom is 0.418 e. The monoisotopic (exact) mass is 583 g/mol. The number of para-hydroxylation sites is 2. The van der Waals surface area contributed by atoms with Crippen molar-refractivity contribution < 1.29 is 26.7 Å². The first-order valence-corrected chi connectivity index (χ1v) is 13.6. The lowest BCUT2D eigenvalue weighted by molar-refractivity contribution is -0.136. The minimum absolute atomic E-state index is 0.00375. The molecule has 0 bridgehead atoms. The molecule has 5 rings (SSSR count). The Morgan fingerprint density at radius 1 is 0.950 bits per heavy atom. The maximum absolute atomic E-state index is 14.1. The average molecular weight is 584 g/mol. The molecule has 0 aliphatic carbocycles.